The average molecular weight is 218 g/mol. The van der Waals surface area contributed by atoms with Gasteiger partial charge in [-0.2, -0.15) is 0 Å². The van der Waals surface area contributed by atoms with Crippen LogP contribution in [0, 0.1) is 0 Å². The molecule has 4 nitrogen and oxygen atoms in total. The van der Waals surface area contributed by atoms with E-state index in [2.05, 4.69) is 4.98 Å². The number of aliphatic carboxylic acids is 1. The molecule has 1 aromatic heterocycles. The van der Waals surface area contributed by atoms with E-state index >= 15 is 0 Å². The number of carboxylic acid groups (broad SMARTS) is 1. The smallest absolute Gasteiger partial charge is 0.0485 e. The van der Waals surface area contributed by atoms with Gasteiger partial charge in [-0.15, -0.1) is 0 Å². The van der Waals surface area contributed by atoms with E-state index in [0.29, 0.717) is 6.42 Å². The lowest BCUT2D eigenvalue weighted by Crippen LogP contribution is -2.24. The molecule has 0 saturated heterocycles. The van der Waals surface area contributed by atoms with Crippen molar-refractivity contribution in [1.29, 1.82) is 0 Å². The number of carbonyl (C=O) groups excluding carboxylic acids is 1. The second-order valence-corrected chi connectivity index (χ2v) is 3.74. The number of H-pyrrole nitrogens is 1. The lowest BCUT2D eigenvalue weighted by molar-refractivity contribution is -0.304. The van der Waals surface area contributed by atoms with Gasteiger partial charge in [0.1, 0.15) is 0 Å². The van der Waals surface area contributed by atoms with Crippen LogP contribution in [0.3, 0.4) is 0 Å². The van der Waals surface area contributed by atoms with Crippen LogP contribution in [-0.4, -0.2) is 22.7 Å². The van der Waals surface area contributed by atoms with Crippen molar-refractivity contribution in [3.63, 3.8) is 0 Å². The Balaban J connectivity index is 2.33. The third-order valence-corrected chi connectivity index (χ3v) is 2.47. The van der Waals surface area contributed by atoms with Crippen molar-refractivity contribution in [1.82, 2.24) is 4.98 Å². The van der Waals surface area contributed by atoms with Crippen LogP contribution in [0.4, 0.5) is 0 Å². The van der Waals surface area contributed by atoms with Crippen molar-refractivity contribution in [3.05, 3.63) is 35.5 Å². The van der Waals surface area contributed by atoms with Gasteiger partial charge in [-0.05, 0) is 29.1 Å². The van der Waals surface area contributed by atoms with Crippen molar-refractivity contribution in [2.75, 3.05) is 6.61 Å². The molecule has 0 spiro atoms. The van der Waals surface area contributed by atoms with E-state index in [0.717, 1.165) is 22.2 Å². The highest BCUT2D eigenvalue weighted by Crippen LogP contribution is 2.17. The molecule has 0 saturated carbocycles. The topological polar surface area (TPSA) is 76.1 Å². The van der Waals surface area contributed by atoms with Gasteiger partial charge in [0.2, 0.25) is 0 Å². The molecule has 0 unspecified atom stereocenters. The third-order valence-electron chi connectivity index (χ3n) is 2.47. The Morgan fingerprint density at radius 3 is 2.88 bits per heavy atom. The third kappa shape index (κ3) is 2.23. The minimum atomic E-state index is -1.08. The zero-order valence-corrected chi connectivity index (χ0v) is 8.69. The van der Waals surface area contributed by atoms with E-state index in [-0.39, 0.29) is 13.0 Å². The summed E-state index contributed by atoms with van der Waals surface area (Å²) in [4.78, 5) is 13.6. The molecule has 2 aromatic rings. The standard InChI is InChI=1S/C12H13NO3/c14-4-3-10-7-9-5-8(6-12(15)16)1-2-11(9)13-10/h1-2,5,7,13-14H,3-4,6H2,(H,15,16)/p-1. The molecule has 0 amide bonds. The number of rotatable bonds is 4. The van der Waals surface area contributed by atoms with Gasteiger partial charge in [-0.1, -0.05) is 6.07 Å². The van der Waals surface area contributed by atoms with Gasteiger partial charge in [-0.3, -0.25) is 0 Å². The number of benzene rings is 1. The summed E-state index contributed by atoms with van der Waals surface area (Å²) in [5.41, 5.74) is 2.62. The van der Waals surface area contributed by atoms with Crippen molar-refractivity contribution in [2.24, 2.45) is 0 Å². The summed E-state index contributed by atoms with van der Waals surface area (Å²) in [6.07, 6.45) is 0.501. The fourth-order valence-electron chi connectivity index (χ4n) is 1.77. The molecule has 2 rings (SSSR count). The molecule has 16 heavy (non-hydrogen) atoms. The first-order valence-corrected chi connectivity index (χ1v) is 5.10. The van der Waals surface area contributed by atoms with Crippen molar-refractivity contribution < 1.29 is 15.0 Å². The quantitative estimate of drug-likeness (QED) is 0.758. The number of fused-ring (bicyclic) bond motifs is 1. The Morgan fingerprint density at radius 1 is 1.38 bits per heavy atom. The summed E-state index contributed by atoms with van der Waals surface area (Å²) in [6, 6.07) is 7.35. The number of aliphatic hydroxyl groups excluding tert-OH is 1. The van der Waals surface area contributed by atoms with Crippen LogP contribution in [0.25, 0.3) is 10.9 Å². The largest absolute Gasteiger partial charge is 0.550 e. The summed E-state index contributed by atoms with van der Waals surface area (Å²) in [5.74, 6) is -1.08. The van der Waals surface area contributed by atoms with Crippen LogP contribution < -0.4 is 5.11 Å². The van der Waals surface area contributed by atoms with Gasteiger partial charge in [-0.25, -0.2) is 0 Å². The van der Waals surface area contributed by atoms with Gasteiger partial charge < -0.3 is 20.0 Å². The fourth-order valence-corrected chi connectivity index (χ4v) is 1.77. The SMILES string of the molecule is O=C([O-])Cc1ccc2[nH]c(CCO)cc2c1. The molecule has 4 heteroatoms. The summed E-state index contributed by atoms with van der Waals surface area (Å²) in [5, 5.41) is 20.2. The lowest BCUT2D eigenvalue weighted by atomic mass is 10.1. The van der Waals surface area contributed by atoms with Crippen molar-refractivity contribution in [2.45, 2.75) is 12.8 Å². The summed E-state index contributed by atoms with van der Waals surface area (Å²) in [7, 11) is 0. The van der Waals surface area contributed by atoms with Gasteiger partial charge >= 0.3 is 0 Å². The second kappa shape index (κ2) is 4.37. The maximum atomic E-state index is 10.5. The number of aliphatic hydroxyl groups is 1. The highest BCUT2D eigenvalue weighted by Gasteiger charge is 2.01. The summed E-state index contributed by atoms with van der Waals surface area (Å²) < 4.78 is 0. The van der Waals surface area contributed by atoms with Crippen LogP contribution in [0.5, 0.6) is 0 Å². The van der Waals surface area contributed by atoms with E-state index < -0.39 is 5.97 Å². The number of nitrogens with one attached hydrogen (secondary N) is 1. The maximum Gasteiger partial charge on any atom is 0.0485 e. The highest BCUT2D eigenvalue weighted by atomic mass is 16.4. The van der Waals surface area contributed by atoms with Crippen LogP contribution in [0.2, 0.25) is 0 Å². The average Bonchev–Trinajstić information content (AvgIpc) is 2.59. The summed E-state index contributed by atoms with van der Waals surface area (Å²) >= 11 is 0. The molecule has 0 bridgehead atoms. The molecule has 0 aliphatic carbocycles. The highest BCUT2D eigenvalue weighted by molar-refractivity contribution is 5.82. The molecular weight excluding hydrogens is 206 g/mol. The zero-order valence-electron chi connectivity index (χ0n) is 8.69. The first-order chi connectivity index (χ1) is 7.69. The number of aromatic amines is 1. The van der Waals surface area contributed by atoms with E-state index in [1.165, 1.54) is 0 Å². The van der Waals surface area contributed by atoms with Crippen LogP contribution in [0.1, 0.15) is 11.3 Å². The van der Waals surface area contributed by atoms with Crippen molar-refractivity contribution >= 4 is 16.9 Å². The predicted molar refractivity (Wildman–Crippen MR) is 57.8 cm³/mol. The fraction of sp³-hybridized carbons (Fsp3) is 0.250. The Kier molecular flexibility index (Phi) is 2.92. The number of carbonyl (C=O) groups is 1. The molecular formula is C12H12NO3-. The van der Waals surface area contributed by atoms with E-state index in [1.54, 1.807) is 6.07 Å². The molecule has 0 atom stereocenters. The normalized spacial score (nSPS) is 10.8. The molecule has 0 radical (unpaired) electrons. The van der Waals surface area contributed by atoms with E-state index in [4.69, 9.17) is 5.11 Å². The Bertz CT molecular complexity index is 516. The molecule has 0 aliphatic heterocycles. The predicted octanol–water partition coefficient (Wildman–Crippen LogP) is -0.00490. The van der Waals surface area contributed by atoms with Crippen LogP contribution >= 0.6 is 0 Å². The van der Waals surface area contributed by atoms with Crippen LogP contribution in [-0.2, 0) is 17.6 Å². The minimum Gasteiger partial charge on any atom is -0.550 e. The van der Waals surface area contributed by atoms with Gasteiger partial charge in [0.15, 0.2) is 0 Å². The molecule has 2 N–H and O–H groups in total. The number of carboxylic acids is 1. The zero-order chi connectivity index (χ0) is 11.5. The first kappa shape index (κ1) is 10.7. The first-order valence-electron chi connectivity index (χ1n) is 5.10. The molecule has 84 valence electrons. The van der Waals surface area contributed by atoms with Gasteiger partial charge in [0.05, 0.1) is 0 Å². The Labute approximate surface area is 92.5 Å². The van der Waals surface area contributed by atoms with E-state index in [9.17, 15) is 9.90 Å². The molecule has 0 aliphatic rings. The van der Waals surface area contributed by atoms with Crippen LogP contribution in [0.15, 0.2) is 24.3 Å². The Morgan fingerprint density at radius 2 is 2.19 bits per heavy atom. The summed E-state index contributed by atoms with van der Waals surface area (Å²) in [6.45, 7) is 0.0960. The molecule has 1 heterocycles. The number of hydrogen-bond donors (Lipinski definition) is 2. The molecule has 1 aromatic carbocycles. The van der Waals surface area contributed by atoms with Crippen molar-refractivity contribution in [3.8, 4) is 0 Å². The minimum absolute atomic E-state index is 0.0730. The van der Waals surface area contributed by atoms with Gasteiger partial charge in [0.25, 0.3) is 0 Å². The number of aromatic nitrogens is 1. The Hall–Kier alpha value is -1.81. The van der Waals surface area contributed by atoms with Gasteiger partial charge in [0, 0.05) is 36.6 Å². The molecule has 0 fully saturated rings. The monoisotopic (exact) mass is 218 g/mol. The van der Waals surface area contributed by atoms with E-state index in [1.807, 2.05) is 18.2 Å². The number of hydrogen-bond acceptors (Lipinski definition) is 3. The lowest BCUT2D eigenvalue weighted by Gasteiger charge is -2.01. The second-order valence-electron chi connectivity index (χ2n) is 3.74. The maximum absolute atomic E-state index is 10.5.